The Morgan fingerprint density at radius 1 is 1.67 bits per heavy atom. The largest absolute Gasteiger partial charge is 0.335 e. The fraction of sp³-hybridized carbons (Fsp3) is 0.700. The first-order valence-electron chi connectivity index (χ1n) is 4.71. The molecule has 0 aliphatic carbocycles. The number of hydrogen-bond donors (Lipinski definition) is 0. The summed E-state index contributed by atoms with van der Waals surface area (Å²) in [4.78, 5) is 13.4. The van der Waals surface area contributed by atoms with Crippen molar-refractivity contribution in [1.29, 1.82) is 0 Å². The Kier molecular flexibility index (Phi) is 1.71. The third-order valence-electron chi connectivity index (χ3n) is 3.18. The first kappa shape index (κ1) is 7.84. The standard InChI is InChI=1S/C10H15NO/c1-3-8-7(2)6-11-9(8)4-5-10(11)12/h8-9H,2-6H2,1H3/t8-,9?/m0/s1. The number of carbonyl (C=O) groups is 1. The van der Waals surface area contributed by atoms with Gasteiger partial charge in [0.15, 0.2) is 0 Å². The van der Waals surface area contributed by atoms with Crippen LogP contribution >= 0.6 is 0 Å². The van der Waals surface area contributed by atoms with E-state index in [1.165, 1.54) is 5.57 Å². The maximum Gasteiger partial charge on any atom is 0.223 e. The smallest absolute Gasteiger partial charge is 0.223 e. The Balaban J connectivity index is 2.20. The number of fused-ring (bicyclic) bond motifs is 1. The SMILES string of the molecule is C=C1CN2C(=O)CCC2[C@H]1CC. The van der Waals surface area contributed by atoms with E-state index in [1.807, 2.05) is 4.90 Å². The molecule has 2 atom stereocenters. The van der Waals surface area contributed by atoms with Gasteiger partial charge in [-0.15, -0.1) is 0 Å². The Hall–Kier alpha value is -0.790. The van der Waals surface area contributed by atoms with Crippen LogP contribution < -0.4 is 0 Å². The lowest BCUT2D eigenvalue weighted by Gasteiger charge is -2.18. The minimum absolute atomic E-state index is 0.331. The predicted octanol–water partition coefficient (Wildman–Crippen LogP) is 1.57. The summed E-state index contributed by atoms with van der Waals surface area (Å²) in [5.41, 5.74) is 1.26. The normalized spacial score (nSPS) is 34.6. The van der Waals surface area contributed by atoms with Crippen molar-refractivity contribution in [2.24, 2.45) is 5.92 Å². The zero-order chi connectivity index (χ0) is 8.72. The summed E-state index contributed by atoms with van der Waals surface area (Å²) >= 11 is 0. The summed E-state index contributed by atoms with van der Waals surface area (Å²) < 4.78 is 0. The molecule has 2 heterocycles. The highest BCUT2D eigenvalue weighted by atomic mass is 16.2. The monoisotopic (exact) mass is 165 g/mol. The second-order valence-corrected chi connectivity index (χ2v) is 3.80. The molecule has 66 valence electrons. The molecule has 0 N–H and O–H groups in total. The van der Waals surface area contributed by atoms with Gasteiger partial charge in [0.2, 0.25) is 5.91 Å². The first-order valence-corrected chi connectivity index (χ1v) is 4.71. The van der Waals surface area contributed by atoms with Gasteiger partial charge in [-0.3, -0.25) is 4.79 Å². The van der Waals surface area contributed by atoms with Gasteiger partial charge in [-0.05, 0) is 12.8 Å². The van der Waals surface area contributed by atoms with Crippen molar-refractivity contribution in [2.75, 3.05) is 6.54 Å². The van der Waals surface area contributed by atoms with Crippen molar-refractivity contribution in [3.05, 3.63) is 12.2 Å². The van der Waals surface area contributed by atoms with Crippen LogP contribution in [0.1, 0.15) is 26.2 Å². The predicted molar refractivity (Wildman–Crippen MR) is 47.7 cm³/mol. The van der Waals surface area contributed by atoms with E-state index in [2.05, 4.69) is 13.5 Å². The van der Waals surface area contributed by atoms with Crippen LogP contribution in [0.5, 0.6) is 0 Å². The van der Waals surface area contributed by atoms with Gasteiger partial charge in [0.1, 0.15) is 0 Å². The lowest BCUT2D eigenvalue weighted by atomic mass is 9.93. The van der Waals surface area contributed by atoms with E-state index in [0.29, 0.717) is 17.9 Å². The number of nitrogens with zero attached hydrogens (tertiary/aromatic N) is 1. The molecule has 0 aromatic heterocycles. The molecule has 0 saturated carbocycles. The van der Waals surface area contributed by atoms with E-state index in [0.717, 1.165) is 25.8 Å². The Bertz CT molecular complexity index is 234. The zero-order valence-corrected chi connectivity index (χ0v) is 7.55. The Morgan fingerprint density at radius 2 is 2.42 bits per heavy atom. The van der Waals surface area contributed by atoms with Crippen molar-refractivity contribution in [3.8, 4) is 0 Å². The minimum Gasteiger partial charge on any atom is -0.335 e. The van der Waals surface area contributed by atoms with Crippen molar-refractivity contribution < 1.29 is 4.79 Å². The van der Waals surface area contributed by atoms with Crippen molar-refractivity contribution in [2.45, 2.75) is 32.2 Å². The van der Waals surface area contributed by atoms with E-state index in [1.54, 1.807) is 0 Å². The second kappa shape index (κ2) is 2.61. The molecule has 0 aromatic carbocycles. The second-order valence-electron chi connectivity index (χ2n) is 3.80. The highest BCUT2D eigenvalue weighted by Gasteiger charge is 2.42. The van der Waals surface area contributed by atoms with Crippen LogP contribution in [0.3, 0.4) is 0 Å². The highest BCUT2D eigenvalue weighted by molar-refractivity contribution is 5.80. The molecular weight excluding hydrogens is 150 g/mol. The number of amides is 1. The number of rotatable bonds is 1. The van der Waals surface area contributed by atoms with Crippen molar-refractivity contribution in [1.82, 2.24) is 4.90 Å². The molecule has 1 amide bonds. The van der Waals surface area contributed by atoms with Crippen LogP contribution in [0.25, 0.3) is 0 Å². The molecule has 0 aromatic rings. The van der Waals surface area contributed by atoms with Gasteiger partial charge >= 0.3 is 0 Å². The fourth-order valence-corrected chi connectivity index (χ4v) is 2.55. The summed E-state index contributed by atoms with van der Waals surface area (Å²) in [6.07, 6.45) is 2.94. The van der Waals surface area contributed by atoms with Crippen LogP contribution in [0.2, 0.25) is 0 Å². The summed E-state index contributed by atoms with van der Waals surface area (Å²) in [5.74, 6) is 0.911. The lowest BCUT2D eigenvalue weighted by molar-refractivity contribution is -0.127. The Morgan fingerprint density at radius 3 is 3.08 bits per heavy atom. The fourth-order valence-electron chi connectivity index (χ4n) is 2.55. The van der Waals surface area contributed by atoms with Gasteiger partial charge in [0.05, 0.1) is 0 Å². The van der Waals surface area contributed by atoms with Crippen LogP contribution in [-0.4, -0.2) is 23.4 Å². The third kappa shape index (κ3) is 0.904. The molecular formula is C10H15NO. The van der Waals surface area contributed by atoms with Crippen LogP contribution in [0.15, 0.2) is 12.2 Å². The average Bonchev–Trinajstić information content (AvgIpc) is 2.52. The maximum absolute atomic E-state index is 11.3. The molecule has 0 bridgehead atoms. The number of carbonyl (C=O) groups excluding carboxylic acids is 1. The first-order chi connectivity index (χ1) is 5.74. The van der Waals surface area contributed by atoms with Gasteiger partial charge in [0, 0.05) is 24.9 Å². The molecule has 2 fully saturated rings. The van der Waals surface area contributed by atoms with Gasteiger partial charge < -0.3 is 4.90 Å². The van der Waals surface area contributed by atoms with E-state index < -0.39 is 0 Å². The van der Waals surface area contributed by atoms with Gasteiger partial charge in [0.25, 0.3) is 0 Å². The molecule has 2 saturated heterocycles. The van der Waals surface area contributed by atoms with E-state index in [4.69, 9.17) is 0 Å². The molecule has 2 nitrogen and oxygen atoms in total. The summed E-state index contributed by atoms with van der Waals surface area (Å²) in [7, 11) is 0. The molecule has 1 unspecified atom stereocenters. The zero-order valence-electron chi connectivity index (χ0n) is 7.55. The molecule has 0 radical (unpaired) electrons. The summed E-state index contributed by atoms with van der Waals surface area (Å²) in [6, 6.07) is 0.495. The van der Waals surface area contributed by atoms with E-state index >= 15 is 0 Å². The maximum atomic E-state index is 11.3. The molecule has 12 heavy (non-hydrogen) atoms. The molecule has 2 heteroatoms. The van der Waals surface area contributed by atoms with E-state index in [9.17, 15) is 4.79 Å². The Labute approximate surface area is 73.2 Å². The van der Waals surface area contributed by atoms with Gasteiger partial charge in [-0.1, -0.05) is 19.1 Å². The van der Waals surface area contributed by atoms with Gasteiger partial charge in [-0.2, -0.15) is 0 Å². The minimum atomic E-state index is 0.331. The molecule has 2 rings (SSSR count). The van der Waals surface area contributed by atoms with Crippen LogP contribution in [0, 0.1) is 5.92 Å². The number of hydrogen-bond acceptors (Lipinski definition) is 1. The lowest BCUT2D eigenvalue weighted by Crippen LogP contribution is -2.29. The highest BCUT2D eigenvalue weighted by Crippen LogP contribution is 2.37. The topological polar surface area (TPSA) is 20.3 Å². The molecule has 2 aliphatic rings. The quantitative estimate of drug-likeness (QED) is 0.540. The van der Waals surface area contributed by atoms with Crippen molar-refractivity contribution >= 4 is 5.91 Å². The molecule has 2 aliphatic heterocycles. The van der Waals surface area contributed by atoms with Crippen molar-refractivity contribution in [3.63, 3.8) is 0 Å². The van der Waals surface area contributed by atoms with E-state index in [-0.39, 0.29) is 0 Å². The van der Waals surface area contributed by atoms with Crippen LogP contribution in [-0.2, 0) is 4.79 Å². The third-order valence-corrected chi connectivity index (χ3v) is 3.18. The summed E-state index contributed by atoms with van der Waals surface area (Å²) in [6.45, 7) is 7.03. The van der Waals surface area contributed by atoms with Gasteiger partial charge in [-0.25, -0.2) is 0 Å². The summed E-state index contributed by atoms with van der Waals surface area (Å²) in [5, 5.41) is 0. The molecule has 0 spiro atoms. The average molecular weight is 165 g/mol. The van der Waals surface area contributed by atoms with Crippen LogP contribution in [0.4, 0.5) is 0 Å².